The monoisotopic (exact) mass is 434 g/mol. The Labute approximate surface area is 186 Å². The van der Waals surface area contributed by atoms with Crippen LogP contribution in [0.2, 0.25) is 0 Å². The van der Waals surface area contributed by atoms with Crippen molar-refractivity contribution in [1.29, 1.82) is 0 Å². The van der Waals surface area contributed by atoms with Crippen LogP contribution < -0.4 is 5.32 Å². The number of carbonyl (C=O) groups is 2. The molecule has 7 heteroatoms. The van der Waals surface area contributed by atoms with Crippen molar-refractivity contribution < 1.29 is 14.0 Å². The van der Waals surface area contributed by atoms with Gasteiger partial charge in [0.1, 0.15) is 5.69 Å². The standard InChI is InChI=1S/C25H27FN4O2/c1-15(31)30-11-7-8-16(14-30)18-12-19(17-9-5-6-10-21(17)27-2)20-13-22(25(32)29(3)4)28-24(20)23(18)26/h5-6,8-10,12-13,27-28H,7,11,14H2,1-4H3. The predicted octanol–water partition coefficient (Wildman–Crippen LogP) is 4.35. The molecule has 1 aliphatic rings. The third kappa shape index (κ3) is 3.75. The zero-order valence-electron chi connectivity index (χ0n) is 18.8. The summed E-state index contributed by atoms with van der Waals surface area (Å²) in [6.07, 6.45) is 2.66. The van der Waals surface area contributed by atoms with E-state index in [0.29, 0.717) is 36.2 Å². The average Bonchev–Trinajstić information content (AvgIpc) is 3.25. The number of hydrogen-bond acceptors (Lipinski definition) is 3. The zero-order valence-corrected chi connectivity index (χ0v) is 18.8. The van der Waals surface area contributed by atoms with Gasteiger partial charge in [0.05, 0.1) is 5.52 Å². The van der Waals surface area contributed by atoms with E-state index in [4.69, 9.17) is 0 Å². The number of halogens is 1. The molecule has 0 saturated heterocycles. The van der Waals surface area contributed by atoms with Crippen molar-refractivity contribution >= 4 is 34.0 Å². The Bertz CT molecular complexity index is 1240. The van der Waals surface area contributed by atoms with Crippen molar-refractivity contribution in [2.75, 3.05) is 39.5 Å². The quantitative estimate of drug-likeness (QED) is 0.641. The SMILES string of the molecule is CNc1ccccc1-c1cc(C2=CCCN(C(C)=O)C2)c(F)c2[nH]c(C(=O)N(C)C)cc12. The minimum absolute atomic E-state index is 0.0309. The molecule has 4 rings (SSSR count). The second-order valence-electron chi connectivity index (χ2n) is 8.21. The molecule has 2 aromatic carbocycles. The summed E-state index contributed by atoms with van der Waals surface area (Å²) in [4.78, 5) is 30.7. The van der Waals surface area contributed by atoms with Crippen molar-refractivity contribution in [2.24, 2.45) is 0 Å². The van der Waals surface area contributed by atoms with E-state index in [2.05, 4.69) is 10.3 Å². The van der Waals surface area contributed by atoms with Gasteiger partial charge in [0.15, 0.2) is 5.82 Å². The average molecular weight is 435 g/mol. The Morgan fingerprint density at radius 1 is 1.12 bits per heavy atom. The number of hydrogen-bond donors (Lipinski definition) is 2. The molecule has 2 N–H and O–H groups in total. The largest absolute Gasteiger partial charge is 0.388 e. The maximum atomic E-state index is 15.8. The number of benzene rings is 2. The molecule has 0 atom stereocenters. The lowest BCUT2D eigenvalue weighted by Crippen LogP contribution is -2.33. The first-order chi connectivity index (χ1) is 15.3. The molecule has 0 bridgehead atoms. The first-order valence-electron chi connectivity index (χ1n) is 10.6. The van der Waals surface area contributed by atoms with Crippen LogP contribution in [0.5, 0.6) is 0 Å². The molecule has 1 aromatic heterocycles. The van der Waals surface area contributed by atoms with Crippen LogP contribution in [-0.4, -0.2) is 60.8 Å². The minimum Gasteiger partial charge on any atom is -0.388 e. The summed E-state index contributed by atoms with van der Waals surface area (Å²) in [7, 11) is 5.17. The lowest BCUT2D eigenvalue weighted by molar-refractivity contribution is -0.128. The summed E-state index contributed by atoms with van der Waals surface area (Å²) in [5, 5.41) is 3.83. The van der Waals surface area contributed by atoms with Gasteiger partial charge in [-0.1, -0.05) is 24.3 Å². The number of para-hydroxylation sites is 1. The molecule has 6 nitrogen and oxygen atoms in total. The molecule has 32 heavy (non-hydrogen) atoms. The van der Waals surface area contributed by atoms with E-state index in [1.165, 1.54) is 11.8 Å². The number of anilines is 1. The summed E-state index contributed by atoms with van der Waals surface area (Å²) in [6, 6.07) is 11.3. The summed E-state index contributed by atoms with van der Waals surface area (Å²) in [5.41, 5.74) is 4.44. The molecule has 3 aromatic rings. The summed E-state index contributed by atoms with van der Waals surface area (Å²) >= 11 is 0. The molecule has 1 aliphatic heterocycles. The van der Waals surface area contributed by atoms with Crippen molar-refractivity contribution in [3.63, 3.8) is 0 Å². The fraction of sp³-hybridized carbons (Fsp3) is 0.280. The van der Waals surface area contributed by atoms with E-state index >= 15 is 4.39 Å². The van der Waals surface area contributed by atoms with E-state index in [-0.39, 0.29) is 17.3 Å². The van der Waals surface area contributed by atoms with E-state index in [9.17, 15) is 9.59 Å². The number of fused-ring (bicyclic) bond motifs is 1. The van der Waals surface area contributed by atoms with Crippen molar-refractivity contribution in [3.05, 3.63) is 59.5 Å². The highest BCUT2D eigenvalue weighted by Gasteiger charge is 2.24. The zero-order chi connectivity index (χ0) is 23.0. The highest BCUT2D eigenvalue weighted by Crippen LogP contribution is 2.39. The molecule has 0 aliphatic carbocycles. The van der Waals surface area contributed by atoms with E-state index < -0.39 is 5.82 Å². The molecular weight excluding hydrogens is 407 g/mol. The van der Waals surface area contributed by atoms with Gasteiger partial charge in [-0.05, 0) is 35.8 Å². The van der Waals surface area contributed by atoms with Crippen LogP contribution >= 0.6 is 0 Å². The summed E-state index contributed by atoms with van der Waals surface area (Å²) < 4.78 is 15.8. The summed E-state index contributed by atoms with van der Waals surface area (Å²) in [5.74, 6) is -0.675. The Kier molecular flexibility index (Phi) is 5.74. The number of nitrogens with zero attached hydrogens (tertiary/aromatic N) is 2. The van der Waals surface area contributed by atoms with Gasteiger partial charge in [0, 0.05) is 63.4 Å². The third-order valence-electron chi connectivity index (χ3n) is 5.92. The highest BCUT2D eigenvalue weighted by atomic mass is 19.1. The number of H-pyrrole nitrogens is 1. The van der Waals surface area contributed by atoms with Gasteiger partial charge >= 0.3 is 0 Å². The lowest BCUT2D eigenvalue weighted by Gasteiger charge is -2.27. The molecule has 166 valence electrons. The first kappa shape index (κ1) is 21.6. The van der Waals surface area contributed by atoms with Crippen LogP contribution in [0.4, 0.5) is 10.1 Å². The number of rotatable bonds is 4. The van der Waals surface area contributed by atoms with Gasteiger partial charge in [-0.15, -0.1) is 0 Å². The molecule has 0 radical (unpaired) electrons. The third-order valence-corrected chi connectivity index (χ3v) is 5.92. The molecule has 0 saturated carbocycles. The Morgan fingerprint density at radius 3 is 2.56 bits per heavy atom. The Morgan fingerprint density at radius 2 is 1.88 bits per heavy atom. The van der Waals surface area contributed by atoms with Crippen LogP contribution in [0, 0.1) is 5.82 Å². The van der Waals surface area contributed by atoms with Crippen LogP contribution in [0.15, 0.2) is 42.5 Å². The van der Waals surface area contributed by atoms with Gasteiger partial charge < -0.3 is 20.1 Å². The molecule has 2 amide bonds. The van der Waals surface area contributed by atoms with Crippen molar-refractivity contribution in [2.45, 2.75) is 13.3 Å². The molecule has 2 heterocycles. The lowest BCUT2D eigenvalue weighted by atomic mass is 9.92. The maximum Gasteiger partial charge on any atom is 0.269 e. The molecular formula is C25H27FN4O2. The maximum absolute atomic E-state index is 15.8. The van der Waals surface area contributed by atoms with Crippen molar-refractivity contribution in [3.8, 4) is 11.1 Å². The van der Waals surface area contributed by atoms with Crippen LogP contribution in [0.25, 0.3) is 27.6 Å². The molecule has 0 spiro atoms. The van der Waals surface area contributed by atoms with E-state index in [1.807, 2.05) is 43.5 Å². The van der Waals surface area contributed by atoms with Crippen molar-refractivity contribution in [1.82, 2.24) is 14.8 Å². The second-order valence-corrected chi connectivity index (χ2v) is 8.21. The number of aromatic nitrogens is 1. The van der Waals surface area contributed by atoms with E-state index in [1.54, 1.807) is 25.1 Å². The fourth-order valence-corrected chi connectivity index (χ4v) is 4.22. The van der Waals surface area contributed by atoms with Crippen LogP contribution in [-0.2, 0) is 4.79 Å². The normalized spacial score (nSPS) is 13.8. The van der Waals surface area contributed by atoms with Gasteiger partial charge in [0.2, 0.25) is 5.91 Å². The van der Waals surface area contributed by atoms with Gasteiger partial charge in [-0.25, -0.2) is 4.39 Å². The smallest absolute Gasteiger partial charge is 0.269 e. The van der Waals surface area contributed by atoms with Gasteiger partial charge in [-0.2, -0.15) is 0 Å². The number of amides is 2. The van der Waals surface area contributed by atoms with E-state index in [0.717, 1.165) is 22.4 Å². The topological polar surface area (TPSA) is 68.4 Å². The number of nitrogens with one attached hydrogen (secondary N) is 2. The van der Waals surface area contributed by atoms with Gasteiger partial charge in [-0.3, -0.25) is 9.59 Å². The summed E-state index contributed by atoms with van der Waals surface area (Å²) in [6.45, 7) is 2.51. The van der Waals surface area contributed by atoms with Gasteiger partial charge in [0.25, 0.3) is 5.91 Å². The Balaban J connectivity index is 1.98. The second kappa shape index (κ2) is 8.49. The minimum atomic E-state index is -0.417. The predicted molar refractivity (Wildman–Crippen MR) is 126 cm³/mol. The fourth-order valence-electron chi connectivity index (χ4n) is 4.22. The highest BCUT2D eigenvalue weighted by molar-refractivity contribution is 6.06. The number of aromatic amines is 1. The van der Waals surface area contributed by atoms with Crippen LogP contribution in [0.1, 0.15) is 29.4 Å². The van der Waals surface area contributed by atoms with Crippen LogP contribution in [0.3, 0.4) is 0 Å². The molecule has 0 unspecified atom stereocenters. The number of carbonyl (C=O) groups excluding carboxylic acids is 2. The Hall–Kier alpha value is -3.61. The first-order valence-corrected chi connectivity index (χ1v) is 10.6. The molecule has 0 fully saturated rings.